The first-order chi connectivity index (χ1) is 12.1. The van der Waals surface area contributed by atoms with Crippen LogP contribution in [0.25, 0.3) is 10.9 Å². The molecule has 25 heavy (non-hydrogen) atoms. The van der Waals surface area contributed by atoms with E-state index in [4.69, 9.17) is 14.2 Å². The van der Waals surface area contributed by atoms with Gasteiger partial charge in [-0.3, -0.25) is 0 Å². The molecule has 6 heteroatoms. The van der Waals surface area contributed by atoms with Gasteiger partial charge in [-0.1, -0.05) is 5.92 Å². The van der Waals surface area contributed by atoms with Crippen LogP contribution in [0.15, 0.2) is 24.5 Å². The van der Waals surface area contributed by atoms with Gasteiger partial charge in [-0.2, -0.15) is 0 Å². The summed E-state index contributed by atoms with van der Waals surface area (Å²) in [5.74, 6) is 6.26. The van der Waals surface area contributed by atoms with Gasteiger partial charge >= 0.3 is 0 Å². The molecule has 1 spiro atoms. The number of hydrogen-bond acceptors (Lipinski definition) is 6. The maximum atomic E-state index is 10.8. The number of benzene rings is 1. The van der Waals surface area contributed by atoms with E-state index in [2.05, 4.69) is 21.8 Å². The Labute approximate surface area is 146 Å². The zero-order chi connectivity index (χ0) is 17.3. The molecule has 0 radical (unpaired) electrons. The molecule has 6 nitrogen and oxygen atoms in total. The van der Waals surface area contributed by atoms with E-state index in [1.807, 2.05) is 18.2 Å². The number of ether oxygens (including phenoxy) is 3. The Balaban J connectivity index is 1.59. The summed E-state index contributed by atoms with van der Waals surface area (Å²) in [6.45, 7) is 1.25. The van der Waals surface area contributed by atoms with Gasteiger partial charge in [-0.15, -0.1) is 0 Å². The van der Waals surface area contributed by atoms with Crippen molar-refractivity contribution in [3.63, 3.8) is 0 Å². The molecule has 2 heterocycles. The Bertz CT molecular complexity index is 839. The van der Waals surface area contributed by atoms with Crippen LogP contribution >= 0.6 is 0 Å². The number of fused-ring (bicyclic) bond motifs is 1. The van der Waals surface area contributed by atoms with Crippen LogP contribution in [-0.2, 0) is 9.47 Å². The third-order valence-electron chi connectivity index (χ3n) is 4.91. The second kappa shape index (κ2) is 6.26. The Morgan fingerprint density at radius 3 is 2.60 bits per heavy atom. The van der Waals surface area contributed by atoms with Crippen molar-refractivity contribution in [2.45, 2.75) is 37.1 Å². The van der Waals surface area contributed by atoms with Crippen molar-refractivity contribution in [2.75, 3.05) is 20.3 Å². The van der Waals surface area contributed by atoms with E-state index in [9.17, 15) is 5.11 Å². The van der Waals surface area contributed by atoms with Crippen LogP contribution in [0, 0.1) is 11.8 Å². The molecule has 0 bridgehead atoms. The molecule has 1 saturated heterocycles. The minimum Gasteiger partial charge on any atom is -0.497 e. The average molecular weight is 340 g/mol. The van der Waals surface area contributed by atoms with Crippen LogP contribution in [0.1, 0.15) is 31.4 Å². The van der Waals surface area contributed by atoms with Gasteiger partial charge in [0.05, 0.1) is 25.8 Å². The first-order valence-electron chi connectivity index (χ1n) is 8.44. The van der Waals surface area contributed by atoms with E-state index in [1.165, 1.54) is 6.33 Å². The molecule has 1 saturated carbocycles. The van der Waals surface area contributed by atoms with E-state index >= 15 is 0 Å². The highest BCUT2D eigenvalue weighted by atomic mass is 16.7. The lowest BCUT2D eigenvalue weighted by Gasteiger charge is -2.37. The molecule has 0 atom stereocenters. The molecule has 130 valence electrons. The lowest BCUT2D eigenvalue weighted by molar-refractivity contribution is -0.195. The summed E-state index contributed by atoms with van der Waals surface area (Å²) in [6.07, 6.45) is 3.82. The number of rotatable bonds is 1. The molecule has 1 aliphatic heterocycles. The monoisotopic (exact) mass is 340 g/mol. The standard InChI is InChI=1S/C19H20N2O4/c1-23-14-2-3-16-15(12-14)17(21-13-20-16)4-5-18(22)6-8-19(9-7-18)24-10-11-25-19/h2-3,12-13,22H,6-11H2,1H3. The summed E-state index contributed by atoms with van der Waals surface area (Å²) in [7, 11) is 1.62. The topological polar surface area (TPSA) is 73.7 Å². The van der Waals surface area contributed by atoms with Crippen molar-refractivity contribution in [1.82, 2.24) is 9.97 Å². The highest BCUT2D eigenvalue weighted by molar-refractivity contribution is 5.84. The minimum absolute atomic E-state index is 0.511. The summed E-state index contributed by atoms with van der Waals surface area (Å²) >= 11 is 0. The van der Waals surface area contributed by atoms with Gasteiger partial charge in [0, 0.05) is 18.2 Å². The fourth-order valence-corrected chi connectivity index (χ4v) is 3.39. The molecule has 2 fully saturated rings. The minimum atomic E-state index is -1.04. The summed E-state index contributed by atoms with van der Waals surface area (Å²) in [4.78, 5) is 8.52. The molecule has 1 aromatic heterocycles. The second-order valence-corrected chi connectivity index (χ2v) is 6.49. The van der Waals surface area contributed by atoms with Crippen LogP contribution < -0.4 is 4.74 Å². The molecule has 1 N–H and O–H groups in total. The maximum absolute atomic E-state index is 10.8. The van der Waals surface area contributed by atoms with Crippen molar-refractivity contribution in [3.8, 4) is 17.6 Å². The Morgan fingerprint density at radius 1 is 1.12 bits per heavy atom. The third kappa shape index (κ3) is 3.19. The Morgan fingerprint density at radius 2 is 1.88 bits per heavy atom. The number of aliphatic hydroxyl groups is 1. The molecular weight excluding hydrogens is 320 g/mol. The van der Waals surface area contributed by atoms with Crippen LogP contribution in [0.5, 0.6) is 5.75 Å². The Hall–Kier alpha value is -2.20. The number of hydrogen-bond donors (Lipinski definition) is 1. The molecule has 2 aromatic rings. The van der Waals surface area contributed by atoms with Gasteiger partial charge in [-0.25, -0.2) is 9.97 Å². The van der Waals surface area contributed by atoms with Crippen molar-refractivity contribution in [1.29, 1.82) is 0 Å². The third-order valence-corrected chi connectivity index (χ3v) is 4.91. The van der Waals surface area contributed by atoms with Crippen molar-refractivity contribution in [3.05, 3.63) is 30.2 Å². The van der Waals surface area contributed by atoms with E-state index < -0.39 is 11.4 Å². The largest absolute Gasteiger partial charge is 0.497 e. The fourth-order valence-electron chi connectivity index (χ4n) is 3.39. The lowest BCUT2D eigenvalue weighted by atomic mass is 9.81. The van der Waals surface area contributed by atoms with Gasteiger partial charge < -0.3 is 19.3 Å². The molecule has 0 unspecified atom stereocenters. The van der Waals surface area contributed by atoms with Crippen LogP contribution in [0.4, 0.5) is 0 Å². The predicted octanol–water partition coefficient (Wildman–Crippen LogP) is 2.04. The summed E-state index contributed by atoms with van der Waals surface area (Å²) < 4.78 is 16.7. The van der Waals surface area contributed by atoms with Crippen LogP contribution in [0.2, 0.25) is 0 Å². The molecule has 1 aromatic carbocycles. The first kappa shape index (κ1) is 16.3. The predicted molar refractivity (Wildman–Crippen MR) is 91.0 cm³/mol. The quantitative estimate of drug-likeness (QED) is 0.801. The zero-order valence-electron chi connectivity index (χ0n) is 14.1. The molecular formula is C19H20N2O4. The normalized spacial score (nSPS) is 21.0. The smallest absolute Gasteiger partial charge is 0.168 e. The second-order valence-electron chi connectivity index (χ2n) is 6.49. The summed E-state index contributed by atoms with van der Waals surface area (Å²) in [5, 5.41) is 11.6. The van der Waals surface area contributed by atoms with Crippen LogP contribution in [0.3, 0.4) is 0 Å². The van der Waals surface area contributed by atoms with Crippen LogP contribution in [-0.4, -0.2) is 46.8 Å². The number of methoxy groups -OCH3 is 1. The molecule has 2 aliphatic rings. The van der Waals surface area contributed by atoms with Gasteiger partial charge in [0.1, 0.15) is 23.4 Å². The summed E-state index contributed by atoms with van der Waals surface area (Å²) in [5.41, 5.74) is 0.338. The van der Waals surface area contributed by atoms with Gasteiger partial charge in [-0.05, 0) is 37.0 Å². The van der Waals surface area contributed by atoms with Gasteiger partial charge in [0.25, 0.3) is 0 Å². The SMILES string of the molecule is COc1ccc2ncnc(C#CC3(O)CCC4(CC3)OCCO4)c2c1. The molecule has 0 amide bonds. The van der Waals surface area contributed by atoms with Crippen molar-refractivity contribution < 1.29 is 19.3 Å². The highest BCUT2D eigenvalue weighted by Gasteiger charge is 2.44. The Kier molecular flexibility index (Phi) is 4.08. The average Bonchev–Trinajstić information content (AvgIpc) is 3.11. The van der Waals surface area contributed by atoms with Crippen molar-refractivity contribution >= 4 is 10.9 Å². The number of nitrogens with zero attached hydrogens (tertiary/aromatic N) is 2. The zero-order valence-corrected chi connectivity index (χ0v) is 14.1. The van der Waals surface area contributed by atoms with E-state index in [0.29, 0.717) is 44.6 Å². The fraction of sp³-hybridized carbons (Fsp3) is 0.474. The van der Waals surface area contributed by atoms with Gasteiger partial charge in [0.2, 0.25) is 0 Å². The van der Waals surface area contributed by atoms with Gasteiger partial charge in [0.15, 0.2) is 5.79 Å². The van der Waals surface area contributed by atoms with E-state index in [1.54, 1.807) is 7.11 Å². The maximum Gasteiger partial charge on any atom is 0.168 e. The van der Waals surface area contributed by atoms with Crippen molar-refractivity contribution in [2.24, 2.45) is 0 Å². The highest BCUT2D eigenvalue weighted by Crippen LogP contribution is 2.40. The number of aromatic nitrogens is 2. The molecule has 4 rings (SSSR count). The first-order valence-corrected chi connectivity index (χ1v) is 8.44. The van der Waals surface area contributed by atoms with E-state index in [0.717, 1.165) is 16.7 Å². The molecule has 1 aliphatic carbocycles. The van der Waals surface area contributed by atoms with E-state index in [-0.39, 0.29) is 0 Å². The summed E-state index contributed by atoms with van der Waals surface area (Å²) in [6, 6.07) is 5.58. The lowest BCUT2D eigenvalue weighted by Crippen LogP contribution is -2.42.